The molecule has 3 rings (SSSR count). The van der Waals surface area contributed by atoms with Gasteiger partial charge >= 0.3 is 0 Å². The summed E-state index contributed by atoms with van der Waals surface area (Å²) in [5, 5.41) is 6.36. The maximum Gasteiger partial charge on any atom is 0.224 e. The topological polar surface area (TPSA) is 59.1 Å². The van der Waals surface area contributed by atoms with Crippen molar-refractivity contribution < 1.29 is 4.74 Å². The lowest BCUT2D eigenvalue weighted by Gasteiger charge is -2.25. The zero-order valence-electron chi connectivity index (χ0n) is 12.4. The molecule has 0 saturated heterocycles. The molecule has 1 atom stereocenters. The number of hydrogen-bond donors (Lipinski definition) is 2. The zero-order valence-corrected chi connectivity index (χ0v) is 12.4. The van der Waals surface area contributed by atoms with Crippen molar-refractivity contribution >= 4 is 11.8 Å². The third-order valence-corrected chi connectivity index (χ3v) is 3.61. The SMILES string of the molecule is CNc1cc(C)nc(NCC2COc3ccccc3C2)n1. The van der Waals surface area contributed by atoms with Gasteiger partial charge in [-0.3, -0.25) is 0 Å². The molecule has 2 heterocycles. The van der Waals surface area contributed by atoms with Crippen LogP contribution in [-0.4, -0.2) is 30.2 Å². The highest BCUT2D eigenvalue weighted by atomic mass is 16.5. The molecule has 1 aromatic heterocycles. The van der Waals surface area contributed by atoms with Crippen LogP contribution in [0.2, 0.25) is 0 Å². The number of anilines is 2. The standard InChI is InChI=1S/C16H20N4O/c1-11-7-15(17-2)20-16(19-11)18-9-12-8-13-5-3-4-6-14(13)21-10-12/h3-7,12H,8-10H2,1-2H3,(H2,17,18,19,20). The molecule has 1 aliphatic heterocycles. The lowest BCUT2D eigenvalue weighted by molar-refractivity contribution is 0.229. The maximum absolute atomic E-state index is 5.80. The summed E-state index contributed by atoms with van der Waals surface area (Å²) in [5.41, 5.74) is 2.22. The van der Waals surface area contributed by atoms with Crippen LogP contribution < -0.4 is 15.4 Å². The normalized spacial score (nSPS) is 16.8. The highest BCUT2D eigenvalue weighted by Crippen LogP contribution is 2.26. The first kappa shape index (κ1) is 13.7. The van der Waals surface area contributed by atoms with Gasteiger partial charge in [-0.2, -0.15) is 4.98 Å². The van der Waals surface area contributed by atoms with Crippen molar-refractivity contribution in [3.8, 4) is 5.75 Å². The summed E-state index contributed by atoms with van der Waals surface area (Å²) < 4.78 is 5.80. The predicted octanol–water partition coefficient (Wildman–Crippen LogP) is 2.49. The van der Waals surface area contributed by atoms with Crippen LogP contribution >= 0.6 is 0 Å². The molecule has 0 radical (unpaired) electrons. The van der Waals surface area contributed by atoms with E-state index in [0.717, 1.165) is 36.8 Å². The Kier molecular flexibility index (Phi) is 3.90. The fourth-order valence-electron chi connectivity index (χ4n) is 2.53. The van der Waals surface area contributed by atoms with Gasteiger partial charge in [-0.05, 0) is 25.0 Å². The second-order valence-electron chi connectivity index (χ2n) is 5.34. The number of nitrogens with zero attached hydrogens (tertiary/aromatic N) is 2. The van der Waals surface area contributed by atoms with Gasteiger partial charge in [0.15, 0.2) is 0 Å². The van der Waals surface area contributed by atoms with Gasteiger partial charge in [-0.15, -0.1) is 0 Å². The molecule has 0 bridgehead atoms. The predicted molar refractivity (Wildman–Crippen MR) is 83.9 cm³/mol. The molecule has 2 aromatic rings. The molecule has 0 aliphatic carbocycles. The van der Waals surface area contributed by atoms with Crippen molar-refractivity contribution in [1.82, 2.24) is 9.97 Å². The summed E-state index contributed by atoms with van der Waals surface area (Å²) in [6, 6.07) is 10.1. The molecule has 0 saturated carbocycles. The van der Waals surface area contributed by atoms with Crippen molar-refractivity contribution in [2.75, 3.05) is 30.8 Å². The lowest BCUT2D eigenvalue weighted by Crippen LogP contribution is -2.27. The van der Waals surface area contributed by atoms with Gasteiger partial charge in [0.25, 0.3) is 0 Å². The Labute approximate surface area is 124 Å². The molecule has 1 aromatic carbocycles. The number of rotatable bonds is 4. The average molecular weight is 284 g/mol. The summed E-state index contributed by atoms with van der Waals surface area (Å²) in [5.74, 6) is 2.94. The number of ether oxygens (including phenoxy) is 1. The van der Waals surface area contributed by atoms with Crippen molar-refractivity contribution in [1.29, 1.82) is 0 Å². The summed E-state index contributed by atoms with van der Waals surface area (Å²) in [7, 11) is 1.86. The van der Waals surface area contributed by atoms with Crippen LogP contribution in [0, 0.1) is 12.8 Å². The monoisotopic (exact) mass is 284 g/mol. The summed E-state index contributed by atoms with van der Waals surface area (Å²) >= 11 is 0. The molecule has 5 nitrogen and oxygen atoms in total. The second kappa shape index (κ2) is 5.99. The number of fused-ring (bicyclic) bond motifs is 1. The lowest BCUT2D eigenvalue weighted by atomic mass is 9.97. The Balaban J connectivity index is 1.63. The van der Waals surface area contributed by atoms with Crippen molar-refractivity contribution in [3.63, 3.8) is 0 Å². The Bertz CT molecular complexity index is 629. The van der Waals surface area contributed by atoms with Crippen LogP contribution in [0.4, 0.5) is 11.8 Å². The minimum Gasteiger partial charge on any atom is -0.493 e. The van der Waals surface area contributed by atoms with E-state index in [9.17, 15) is 0 Å². The maximum atomic E-state index is 5.80. The number of benzene rings is 1. The molecule has 1 unspecified atom stereocenters. The van der Waals surface area contributed by atoms with Crippen LogP contribution in [-0.2, 0) is 6.42 Å². The van der Waals surface area contributed by atoms with Crippen LogP contribution in [0.25, 0.3) is 0 Å². The number of aromatic nitrogens is 2. The van der Waals surface area contributed by atoms with Gasteiger partial charge in [0.05, 0.1) is 6.61 Å². The first-order chi connectivity index (χ1) is 10.2. The molecular formula is C16H20N4O. The molecule has 0 amide bonds. The molecule has 2 N–H and O–H groups in total. The molecule has 1 aliphatic rings. The van der Waals surface area contributed by atoms with Gasteiger partial charge in [-0.25, -0.2) is 4.98 Å². The van der Waals surface area contributed by atoms with Gasteiger partial charge in [-0.1, -0.05) is 18.2 Å². The van der Waals surface area contributed by atoms with Gasteiger partial charge in [0, 0.05) is 31.3 Å². The Morgan fingerprint density at radius 2 is 2.14 bits per heavy atom. The van der Waals surface area contributed by atoms with E-state index >= 15 is 0 Å². The zero-order chi connectivity index (χ0) is 14.7. The smallest absolute Gasteiger partial charge is 0.224 e. The van der Waals surface area contributed by atoms with Crippen molar-refractivity contribution in [3.05, 3.63) is 41.6 Å². The first-order valence-corrected chi connectivity index (χ1v) is 7.22. The Morgan fingerprint density at radius 1 is 1.29 bits per heavy atom. The minimum atomic E-state index is 0.432. The molecule has 21 heavy (non-hydrogen) atoms. The van der Waals surface area contributed by atoms with E-state index in [1.807, 2.05) is 32.2 Å². The fourth-order valence-corrected chi connectivity index (χ4v) is 2.53. The van der Waals surface area contributed by atoms with Crippen LogP contribution in [0.1, 0.15) is 11.3 Å². The summed E-state index contributed by atoms with van der Waals surface area (Å²) in [4.78, 5) is 8.81. The number of hydrogen-bond acceptors (Lipinski definition) is 5. The van der Waals surface area contributed by atoms with E-state index in [1.165, 1.54) is 5.56 Å². The Morgan fingerprint density at radius 3 is 3.00 bits per heavy atom. The Hall–Kier alpha value is -2.30. The van der Waals surface area contributed by atoms with Crippen LogP contribution in [0.3, 0.4) is 0 Å². The van der Waals surface area contributed by atoms with E-state index in [2.05, 4.69) is 32.7 Å². The third kappa shape index (κ3) is 3.24. The number of aryl methyl sites for hydroxylation is 1. The van der Waals surface area contributed by atoms with Crippen molar-refractivity contribution in [2.24, 2.45) is 5.92 Å². The number of para-hydroxylation sites is 1. The largest absolute Gasteiger partial charge is 0.493 e. The second-order valence-corrected chi connectivity index (χ2v) is 5.34. The molecule has 0 fully saturated rings. The number of nitrogens with one attached hydrogen (secondary N) is 2. The summed E-state index contributed by atoms with van der Waals surface area (Å²) in [6.07, 6.45) is 1.02. The molecular weight excluding hydrogens is 264 g/mol. The molecule has 0 spiro atoms. The van der Waals surface area contributed by atoms with Gasteiger partial charge in [0.1, 0.15) is 11.6 Å². The highest BCUT2D eigenvalue weighted by Gasteiger charge is 2.19. The average Bonchev–Trinajstić information content (AvgIpc) is 2.52. The molecule has 5 heteroatoms. The van der Waals surface area contributed by atoms with Gasteiger partial charge in [0.2, 0.25) is 5.95 Å². The quantitative estimate of drug-likeness (QED) is 0.903. The van der Waals surface area contributed by atoms with E-state index in [0.29, 0.717) is 11.9 Å². The van der Waals surface area contributed by atoms with E-state index in [4.69, 9.17) is 4.74 Å². The van der Waals surface area contributed by atoms with Crippen LogP contribution in [0.5, 0.6) is 5.75 Å². The highest BCUT2D eigenvalue weighted by molar-refractivity contribution is 5.41. The summed E-state index contributed by atoms with van der Waals surface area (Å²) in [6.45, 7) is 3.50. The fraction of sp³-hybridized carbons (Fsp3) is 0.375. The first-order valence-electron chi connectivity index (χ1n) is 7.22. The van der Waals surface area contributed by atoms with Crippen LogP contribution in [0.15, 0.2) is 30.3 Å². The van der Waals surface area contributed by atoms with Gasteiger partial charge < -0.3 is 15.4 Å². The van der Waals surface area contributed by atoms with E-state index in [1.54, 1.807) is 0 Å². The minimum absolute atomic E-state index is 0.432. The van der Waals surface area contributed by atoms with Crippen molar-refractivity contribution in [2.45, 2.75) is 13.3 Å². The third-order valence-electron chi connectivity index (χ3n) is 3.61. The van der Waals surface area contributed by atoms with E-state index in [-0.39, 0.29) is 0 Å². The van der Waals surface area contributed by atoms with E-state index < -0.39 is 0 Å². The molecule has 110 valence electrons.